The monoisotopic (exact) mass is 344 g/mol. The summed E-state index contributed by atoms with van der Waals surface area (Å²) in [5.74, 6) is -0.545. The summed E-state index contributed by atoms with van der Waals surface area (Å²) >= 11 is 0. The fourth-order valence-corrected chi connectivity index (χ4v) is 3.62. The number of rotatable bonds is 4. The second-order valence-corrected chi connectivity index (χ2v) is 7.82. The molecular weight excluding hydrogens is 325 g/mol. The van der Waals surface area contributed by atoms with Crippen LogP contribution in [0.5, 0.6) is 0 Å². The van der Waals surface area contributed by atoms with Gasteiger partial charge in [0.05, 0.1) is 0 Å². The van der Waals surface area contributed by atoms with Crippen molar-refractivity contribution in [2.24, 2.45) is 5.92 Å². The summed E-state index contributed by atoms with van der Waals surface area (Å²) in [6, 6.07) is 0. The highest BCUT2D eigenvalue weighted by Gasteiger charge is 2.50. The largest absolute Gasteiger partial charge is 0.511 e. The molecule has 1 aliphatic carbocycles. The first kappa shape index (κ1) is 17.5. The minimum Gasteiger partial charge on any atom is -0.380 e. The number of hydrogen-bond donors (Lipinski definition) is 2. The molecule has 2 aliphatic rings. The number of hydrogen-bond acceptors (Lipinski definition) is 4. The van der Waals surface area contributed by atoms with Gasteiger partial charge in [-0.25, -0.2) is 8.42 Å². The molecule has 0 atom stereocenters. The Morgan fingerprint density at radius 1 is 1.27 bits per heavy atom. The number of carbonyl (C=O) groups is 1. The zero-order chi connectivity index (χ0) is 16.6. The number of halogens is 3. The zero-order valence-corrected chi connectivity index (χ0v) is 12.7. The van der Waals surface area contributed by atoms with Crippen molar-refractivity contribution in [3.05, 3.63) is 0 Å². The summed E-state index contributed by atoms with van der Waals surface area (Å²) in [4.78, 5) is 11.7. The Hall–Kier alpha value is -0.870. The first-order valence-electron chi connectivity index (χ1n) is 7.13. The Labute approximate surface area is 126 Å². The molecule has 1 amide bonds. The van der Waals surface area contributed by atoms with E-state index in [-0.39, 0.29) is 38.4 Å². The van der Waals surface area contributed by atoms with Gasteiger partial charge in [0, 0.05) is 19.6 Å². The number of sulfonamides is 1. The van der Waals surface area contributed by atoms with Gasteiger partial charge in [-0.2, -0.15) is 17.5 Å². The number of nitrogens with zero attached hydrogens (tertiary/aromatic N) is 1. The molecule has 1 saturated heterocycles. The van der Waals surface area contributed by atoms with Gasteiger partial charge in [0.2, 0.25) is 0 Å². The van der Waals surface area contributed by atoms with Gasteiger partial charge < -0.3 is 10.4 Å². The minimum atomic E-state index is -5.28. The maximum atomic E-state index is 12.4. The summed E-state index contributed by atoms with van der Waals surface area (Å²) in [5.41, 5.74) is -6.58. The predicted octanol–water partition coefficient (Wildman–Crippen LogP) is 0.579. The number of aliphatic hydroxyl groups is 1. The van der Waals surface area contributed by atoms with Crippen LogP contribution in [0.15, 0.2) is 0 Å². The molecule has 0 aromatic heterocycles. The van der Waals surface area contributed by atoms with E-state index in [2.05, 4.69) is 5.32 Å². The predicted molar refractivity (Wildman–Crippen MR) is 71.1 cm³/mol. The van der Waals surface area contributed by atoms with Gasteiger partial charge >= 0.3 is 15.5 Å². The summed E-state index contributed by atoms with van der Waals surface area (Å²) in [6.07, 6.45) is 2.11. The van der Waals surface area contributed by atoms with Crippen LogP contribution in [0.2, 0.25) is 0 Å². The second-order valence-electron chi connectivity index (χ2n) is 5.89. The Morgan fingerprint density at radius 3 is 2.23 bits per heavy atom. The van der Waals surface area contributed by atoms with Crippen LogP contribution in [0, 0.1) is 5.92 Å². The van der Waals surface area contributed by atoms with E-state index in [4.69, 9.17) is 0 Å². The first-order chi connectivity index (χ1) is 10.1. The van der Waals surface area contributed by atoms with Gasteiger partial charge in [-0.05, 0) is 38.0 Å². The van der Waals surface area contributed by atoms with E-state index in [0.29, 0.717) is 17.1 Å². The number of piperidine rings is 1. The Morgan fingerprint density at radius 2 is 1.82 bits per heavy atom. The Balaban J connectivity index is 1.79. The standard InChI is InChI=1S/C12H19F3N2O4S/c13-12(14,15)22(20,21)17-6-2-9(3-7-17)8-16-10(18)11(19)4-1-5-11/h9,19H,1-8H2,(H,16,18). The van der Waals surface area contributed by atoms with Crippen molar-refractivity contribution < 1.29 is 31.5 Å². The zero-order valence-electron chi connectivity index (χ0n) is 11.9. The van der Waals surface area contributed by atoms with Gasteiger partial charge in [0.15, 0.2) is 0 Å². The highest BCUT2D eigenvalue weighted by molar-refractivity contribution is 7.90. The van der Waals surface area contributed by atoms with Crippen LogP contribution in [0.3, 0.4) is 0 Å². The van der Waals surface area contributed by atoms with Crippen LogP contribution in [0.25, 0.3) is 0 Å². The molecule has 1 saturated carbocycles. The Kier molecular flexibility index (Phi) is 4.74. The lowest BCUT2D eigenvalue weighted by Crippen LogP contribution is -2.53. The molecule has 22 heavy (non-hydrogen) atoms. The van der Waals surface area contributed by atoms with Crippen LogP contribution in [0.1, 0.15) is 32.1 Å². The molecule has 10 heteroatoms. The molecule has 1 heterocycles. The van der Waals surface area contributed by atoms with E-state index in [1.54, 1.807) is 0 Å². The van der Waals surface area contributed by atoms with Gasteiger partial charge in [0.25, 0.3) is 5.91 Å². The van der Waals surface area contributed by atoms with Gasteiger partial charge in [-0.15, -0.1) is 0 Å². The van der Waals surface area contributed by atoms with Gasteiger partial charge in [-0.1, -0.05) is 0 Å². The average Bonchev–Trinajstić information content (AvgIpc) is 2.41. The van der Waals surface area contributed by atoms with Crippen molar-refractivity contribution in [3.8, 4) is 0 Å². The summed E-state index contributed by atoms with van der Waals surface area (Å²) in [5, 5.41) is 12.4. The van der Waals surface area contributed by atoms with Crippen molar-refractivity contribution in [2.75, 3.05) is 19.6 Å². The quantitative estimate of drug-likeness (QED) is 0.781. The maximum Gasteiger partial charge on any atom is 0.511 e. The third kappa shape index (κ3) is 3.38. The van der Waals surface area contributed by atoms with E-state index in [1.807, 2.05) is 0 Å². The number of carbonyl (C=O) groups excluding carboxylic acids is 1. The van der Waals surface area contributed by atoms with Crippen LogP contribution < -0.4 is 5.32 Å². The fourth-order valence-electron chi connectivity index (χ4n) is 2.64. The molecule has 0 aromatic rings. The van der Waals surface area contributed by atoms with Crippen molar-refractivity contribution in [1.82, 2.24) is 9.62 Å². The molecule has 0 radical (unpaired) electrons. The molecule has 0 aromatic carbocycles. The van der Waals surface area contributed by atoms with E-state index in [9.17, 15) is 31.5 Å². The average molecular weight is 344 g/mol. The van der Waals surface area contributed by atoms with Crippen LogP contribution >= 0.6 is 0 Å². The number of amides is 1. The van der Waals surface area contributed by atoms with Crippen LogP contribution in [-0.2, 0) is 14.8 Å². The topological polar surface area (TPSA) is 86.7 Å². The van der Waals surface area contributed by atoms with Crippen LogP contribution in [0.4, 0.5) is 13.2 Å². The SMILES string of the molecule is O=C(NCC1CCN(S(=O)(=O)C(F)(F)F)CC1)C1(O)CCC1. The van der Waals surface area contributed by atoms with E-state index in [0.717, 1.165) is 6.42 Å². The molecule has 128 valence electrons. The smallest absolute Gasteiger partial charge is 0.380 e. The number of alkyl halides is 3. The summed E-state index contributed by atoms with van der Waals surface area (Å²) in [7, 11) is -5.27. The van der Waals surface area contributed by atoms with Crippen molar-refractivity contribution >= 4 is 15.9 Å². The Bertz CT molecular complexity index is 523. The molecule has 0 spiro atoms. The molecule has 6 nitrogen and oxygen atoms in total. The third-order valence-corrected chi connectivity index (χ3v) is 5.99. The van der Waals surface area contributed by atoms with E-state index in [1.165, 1.54) is 0 Å². The highest BCUT2D eigenvalue weighted by atomic mass is 32.2. The lowest BCUT2D eigenvalue weighted by atomic mass is 9.79. The maximum absolute atomic E-state index is 12.4. The van der Waals surface area contributed by atoms with E-state index >= 15 is 0 Å². The number of nitrogens with one attached hydrogen (secondary N) is 1. The second kappa shape index (κ2) is 5.97. The molecule has 1 aliphatic heterocycles. The van der Waals surface area contributed by atoms with Gasteiger partial charge in [-0.3, -0.25) is 4.79 Å². The lowest BCUT2D eigenvalue weighted by molar-refractivity contribution is -0.148. The third-order valence-electron chi connectivity index (χ3n) is 4.36. The fraction of sp³-hybridized carbons (Fsp3) is 0.917. The molecular formula is C12H19F3N2O4S. The lowest BCUT2D eigenvalue weighted by Gasteiger charge is -2.36. The van der Waals surface area contributed by atoms with Crippen molar-refractivity contribution in [1.29, 1.82) is 0 Å². The summed E-state index contributed by atoms with van der Waals surface area (Å²) in [6.45, 7) is -0.194. The molecule has 2 N–H and O–H groups in total. The minimum absolute atomic E-state index is 0.0905. The molecule has 0 bridgehead atoms. The van der Waals surface area contributed by atoms with Crippen LogP contribution in [-0.4, -0.2) is 54.5 Å². The molecule has 0 unspecified atom stereocenters. The molecule has 2 rings (SSSR count). The highest BCUT2D eigenvalue weighted by Crippen LogP contribution is 2.32. The summed E-state index contributed by atoms with van der Waals surface area (Å²) < 4.78 is 60.2. The van der Waals surface area contributed by atoms with E-state index < -0.39 is 27.0 Å². The first-order valence-corrected chi connectivity index (χ1v) is 8.57. The normalized spacial score (nSPS) is 23.8. The van der Waals surface area contributed by atoms with Crippen molar-refractivity contribution in [2.45, 2.75) is 43.2 Å². The van der Waals surface area contributed by atoms with Crippen molar-refractivity contribution in [3.63, 3.8) is 0 Å². The molecule has 2 fully saturated rings. The van der Waals surface area contributed by atoms with Gasteiger partial charge in [0.1, 0.15) is 5.60 Å².